The van der Waals surface area contributed by atoms with Crippen molar-refractivity contribution in [3.63, 3.8) is 0 Å². The molecule has 1 amide bonds. The van der Waals surface area contributed by atoms with E-state index in [-0.39, 0.29) is 17.4 Å². The molecule has 2 atom stereocenters. The number of halogens is 3. The number of nitrogens with zero attached hydrogens (tertiary/aromatic N) is 1. The Labute approximate surface area is 148 Å². The number of carbonyl (C=O) groups excluding carboxylic acids is 1. The van der Waals surface area contributed by atoms with Crippen molar-refractivity contribution < 1.29 is 22.9 Å². The van der Waals surface area contributed by atoms with Crippen molar-refractivity contribution in [2.75, 3.05) is 0 Å². The average Bonchev–Trinajstić information content (AvgIpc) is 3.39. The van der Waals surface area contributed by atoms with Gasteiger partial charge in [-0.3, -0.25) is 4.79 Å². The summed E-state index contributed by atoms with van der Waals surface area (Å²) in [5.74, 6) is -0.368. The second kappa shape index (κ2) is 6.19. The van der Waals surface area contributed by atoms with E-state index in [1.807, 2.05) is 17.2 Å². The highest BCUT2D eigenvalue weighted by Gasteiger charge is 2.46. The number of rotatable bonds is 4. The summed E-state index contributed by atoms with van der Waals surface area (Å²) in [6.45, 7) is 0. The van der Waals surface area contributed by atoms with Crippen LogP contribution in [0.4, 0.5) is 13.2 Å². The van der Waals surface area contributed by atoms with Gasteiger partial charge in [0.15, 0.2) is 18.4 Å². The molecule has 136 valence electrons. The Kier molecular flexibility index (Phi) is 3.97. The number of carbonyl (C=O) groups is 1. The van der Waals surface area contributed by atoms with Crippen LogP contribution in [-0.2, 0) is 4.79 Å². The Morgan fingerprint density at radius 3 is 2.81 bits per heavy atom. The van der Waals surface area contributed by atoms with Crippen LogP contribution in [0.3, 0.4) is 0 Å². The van der Waals surface area contributed by atoms with Crippen LogP contribution < -0.4 is 15.6 Å². The third-order valence-corrected chi connectivity index (χ3v) is 4.70. The number of aromatic nitrogens is 1. The van der Waals surface area contributed by atoms with Gasteiger partial charge in [0.25, 0.3) is 5.91 Å². The Balaban J connectivity index is 1.60. The molecule has 3 aliphatic rings. The molecule has 2 unspecified atom stereocenters. The number of aromatic amines is 1. The van der Waals surface area contributed by atoms with E-state index in [4.69, 9.17) is 0 Å². The standard InChI is InChI=1S/C18H17F3N4O/c19-18(20,21)15(12-4-3-8-22-10-12)24-17(26)14-13-5-1-2-9-25(13)16(23-14)11-6-7-11/h1-5,8-11,15-16,23H,6-7H2,(H,24,26)/p+1. The van der Waals surface area contributed by atoms with Gasteiger partial charge in [0.2, 0.25) is 0 Å². The molecule has 1 fully saturated rings. The number of H-pyrrole nitrogens is 1. The van der Waals surface area contributed by atoms with Gasteiger partial charge >= 0.3 is 6.18 Å². The molecular weight excluding hydrogens is 345 g/mol. The van der Waals surface area contributed by atoms with Crippen LogP contribution >= 0.6 is 0 Å². The minimum absolute atomic E-state index is 0.0494. The van der Waals surface area contributed by atoms with Gasteiger partial charge in [0.05, 0.1) is 5.70 Å². The lowest BCUT2D eigenvalue weighted by atomic mass is 10.1. The van der Waals surface area contributed by atoms with Crippen LogP contribution in [0.2, 0.25) is 0 Å². The maximum Gasteiger partial charge on any atom is 0.413 e. The van der Waals surface area contributed by atoms with Gasteiger partial charge < -0.3 is 15.5 Å². The molecule has 0 bridgehead atoms. The van der Waals surface area contributed by atoms with Gasteiger partial charge in [-0.1, -0.05) is 6.08 Å². The molecule has 0 saturated heterocycles. The number of alkyl halides is 3. The molecule has 1 aromatic rings. The Bertz CT molecular complexity index is 796. The molecule has 4 rings (SSSR count). The molecule has 1 aromatic heterocycles. The lowest BCUT2D eigenvalue weighted by molar-refractivity contribution is -0.379. The Morgan fingerprint density at radius 2 is 2.15 bits per heavy atom. The van der Waals surface area contributed by atoms with E-state index in [0.717, 1.165) is 12.8 Å². The maximum atomic E-state index is 13.5. The Hall–Kier alpha value is -2.77. The molecule has 1 aliphatic carbocycles. The summed E-state index contributed by atoms with van der Waals surface area (Å²) in [4.78, 5) is 17.2. The highest BCUT2D eigenvalue weighted by atomic mass is 19.4. The van der Waals surface area contributed by atoms with Crippen molar-refractivity contribution in [3.8, 4) is 0 Å². The molecule has 5 nitrogen and oxygen atoms in total. The zero-order chi connectivity index (χ0) is 18.3. The van der Waals surface area contributed by atoms with Gasteiger partial charge in [0, 0.05) is 17.8 Å². The van der Waals surface area contributed by atoms with E-state index >= 15 is 0 Å². The quantitative estimate of drug-likeness (QED) is 0.862. The van der Waals surface area contributed by atoms with Crippen molar-refractivity contribution >= 4 is 5.91 Å². The van der Waals surface area contributed by atoms with Gasteiger partial charge in [-0.05, 0) is 37.0 Å². The van der Waals surface area contributed by atoms with Gasteiger partial charge in [-0.25, -0.2) is 4.98 Å². The predicted octanol–water partition coefficient (Wildman–Crippen LogP) is 2.16. The molecule has 3 N–H and O–H groups in total. The summed E-state index contributed by atoms with van der Waals surface area (Å²) in [6, 6.07) is 0.714. The highest BCUT2D eigenvalue weighted by molar-refractivity contribution is 5.95. The van der Waals surface area contributed by atoms with Gasteiger partial charge in [-0.15, -0.1) is 0 Å². The van der Waals surface area contributed by atoms with E-state index in [9.17, 15) is 18.0 Å². The van der Waals surface area contributed by atoms with Crippen molar-refractivity contribution in [3.05, 3.63) is 65.9 Å². The Morgan fingerprint density at radius 1 is 1.35 bits per heavy atom. The largest absolute Gasteiger partial charge is 0.413 e. The maximum absolute atomic E-state index is 13.5. The first-order chi connectivity index (χ1) is 12.4. The smallest absolute Gasteiger partial charge is 0.358 e. The zero-order valence-electron chi connectivity index (χ0n) is 13.8. The molecule has 0 spiro atoms. The number of hydrogen-bond acceptors (Lipinski definition) is 3. The summed E-state index contributed by atoms with van der Waals surface area (Å²) in [6.07, 6.45) is 7.34. The molecule has 26 heavy (non-hydrogen) atoms. The normalized spacial score (nSPS) is 22.9. The molecule has 8 heteroatoms. The molecule has 1 saturated carbocycles. The second-order valence-electron chi connectivity index (χ2n) is 6.58. The first-order valence-corrected chi connectivity index (χ1v) is 8.43. The van der Waals surface area contributed by atoms with Crippen LogP contribution in [-0.4, -0.2) is 23.1 Å². The first-order valence-electron chi connectivity index (χ1n) is 8.43. The van der Waals surface area contributed by atoms with E-state index in [0.29, 0.717) is 11.6 Å². The molecule has 0 radical (unpaired) electrons. The van der Waals surface area contributed by atoms with Crippen molar-refractivity contribution in [2.24, 2.45) is 5.92 Å². The SMILES string of the molecule is O=C(NC(c1ccc[nH+]c1)C(F)(F)F)C1=C2C=CC=CN2C(C2CC2)N1. The minimum Gasteiger partial charge on any atom is -0.358 e. The number of amides is 1. The summed E-state index contributed by atoms with van der Waals surface area (Å²) in [5.41, 5.74) is 0.728. The number of allylic oxidation sites excluding steroid dienone is 3. The number of hydrogen-bond donors (Lipinski definition) is 2. The first kappa shape index (κ1) is 16.7. The van der Waals surface area contributed by atoms with Gasteiger partial charge in [-0.2, -0.15) is 13.2 Å². The lowest BCUT2D eigenvalue weighted by Gasteiger charge is -2.25. The van der Waals surface area contributed by atoms with Crippen LogP contribution in [0.25, 0.3) is 0 Å². The van der Waals surface area contributed by atoms with Crippen LogP contribution in [0, 0.1) is 5.92 Å². The van der Waals surface area contributed by atoms with Crippen LogP contribution in [0.15, 0.2) is 60.3 Å². The van der Waals surface area contributed by atoms with E-state index in [1.165, 1.54) is 24.5 Å². The van der Waals surface area contributed by atoms with Crippen LogP contribution in [0.1, 0.15) is 24.4 Å². The third-order valence-electron chi connectivity index (χ3n) is 4.70. The van der Waals surface area contributed by atoms with Crippen molar-refractivity contribution in [1.82, 2.24) is 15.5 Å². The third kappa shape index (κ3) is 3.07. The number of fused-ring (bicyclic) bond motifs is 1. The second-order valence-corrected chi connectivity index (χ2v) is 6.58. The monoisotopic (exact) mass is 363 g/mol. The minimum atomic E-state index is -4.60. The predicted molar refractivity (Wildman–Crippen MR) is 86.7 cm³/mol. The van der Waals surface area contributed by atoms with Crippen molar-refractivity contribution in [1.29, 1.82) is 0 Å². The van der Waals surface area contributed by atoms with Gasteiger partial charge in [0.1, 0.15) is 11.9 Å². The fourth-order valence-electron chi connectivity index (χ4n) is 3.28. The molecule has 3 heterocycles. The fraction of sp³-hybridized carbons (Fsp3) is 0.333. The topological polar surface area (TPSA) is 58.5 Å². The van der Waals surface area contributed by atoms with Crippen LogP contribution in [0.5, 0.6) is 0 Å². The summed E-state index contributed by atoms with van der Waals surface area (Å²) in [5, 5.41) is 5.26. The summed E-state index contributed by atoms with van der Waals surface area (Å²) >= 11 is 0. The zero-order valence-corrected chi connectivity index (χ0v) is 13.8. The highest BCUT2D eigenvalue weighted by Crippen LogP contribution is 2.40. The van der Waals surface area contributed by atoms with E-state index in [1.54, 1.807) is 12.2 Å². The molecule has 2 aliphatic heterocycles. The fourth-order valence-corrected chi connectivity index (χ4v) is 3.28. The molecule has 0 aromatic carbocycles. The number of nitrogens with one attached hydrogen (secondary N) is 3. The number of pyridine rings is 1. The van der Waals surface area contributed by atoms with E-state index in [2.05, 4.69) is 15.6 Å². The average molecular weight is 363 g/mol. The lowest BCUT2D eigenvalue weighted by Crippen LogP contribution is -2.42. The van der Waals surface area contributed by atoms with E-state index < -0.39 is 18.1 Å². The molecular formula is C18H18F3N4O+. The summed E-state index contributed by atoms with van der Waals surface area (Å²) in [7, 11) is 0. The summed E-state index contributed by atoms with van der Waals surface area (Å²) < 4.78 is 40.5. The van der Waals surface area contributed by atoms with Crippen molar-refractivity contribution in [2.45, 2.75) is 31.2 Å².